The van der Waals surface area contributed by atoms with E-state index < -0.39 is 30.2 Å². The Hall–Kier alpha value is -3.85. The van der Waals surface area contributed by atoms with Crippen molar-refractivity contribution in [3.8, 4) is 0 Å². The summed E-state index contributed by atoms with van der Waals surface area (Å²) in [7, 11) is 0. The van der Waals surface area contributed by atoms with Crippen molar-refractivity contribution in [2.75, 3.05) is 16.8 Å². The number of amides is 2. The first-order chi connectivity index (χ1) is 15.3. The predicted molar refractivity (Wildman–Crippen MR) is 121 cm³/mol. The fourth-order valence-electron chi connectivity index (χ4n) is 2.67. The number of thiazole rings is 1. The topological polar surface area (TPSA) is 88.6 Å². The lowest BCUT2D eigenvalue weighted by atomic mass is 10.2. The highest BCUT2D eigenvalue weighted by Gasteiger charge is 2.20. The third-order valence-electron chi connectivity index (χ3n) is 4.18. The maximum Gasteiger partial charge on any atom is 0.331 e. The molecule has 3 rings (SSSR count). The van der Waals surface area contributed by atoms with Crippen molar-refractivity contribution in [3.63, 3.8) is 0 Å². The number of nitrogens with one attached hydrogen (secondary N) is 1. The van der Waals surface area contributed by atoms with Gasteiger partial charge in [-0.05, 0) is 37.3 Å². The molecule has 0 unspecified atom stereocenters. The molecule has 0 bridgehead atoms. The fourth-order valence-corrected chi connectivity index (χ4v) is 3.52. The Morgan fingerprint density at radius 3 is 2.56 bits per heavy atom. The Morgan fingerprint density at radius 1 is 1.16 bits per heavy atom. The van der Waals surface area contributed by atoms with Crippen molar-refractivity contribution >= 4 is 51.7 Å². The molecular weight excluding hydrogens is 433 g/mol. The number of hydrogen-bond donors (Lipinski definition) is 1. The van der Waals surface area contributed by atoms with Gasteiger partial charge in [0.15, 0.2) is 11.7 Å². The Kier molecular flexibility index (Phi) is 7.45. The summed E-state index contributed by atoms with van der Waals surface area (Å²) in [6.07, 6.45) is 2.51. The van der Waals surface area contributed by atoms with E-state index in [1.165, 1.54) is 31.2 Å². The van der Waals surface area contributed by atoms with E-state index in [1.807, 2.05) is 19.1 Å². The van der Waals surface area contributed by atoms with Crippen LogP contribution >= 0.6 is 11.3 Å². The second kappa shape index (κ2) is 10.5. The number of carbonyl (C=O) groups excluding carboxylic acids is 3. The van der Waals surface area contributed by atoms with Gasteiger partial charge in [-0.25, -0.2) is 14.2 Å². The van der Waals surface area contributed by atoms with Crippen LogP contribution in [0.4, 0.5) is 20.9 Å². The molecule has 0 radical (unpaired) electrons. The zero-order valence-electron chi connectivity index (χ0n) is 17.4. The number of hydrogen-bond acceptors (Lipinski definition) is 6. The molecule has 0 spiro atoms. The van der Waals surface area contributed by atoms with Crippen molar-refractivity contribution in [2.24, 2.45) is 0 Å². The number of carbonyl (C=O) groups is 3. The van der Waals surface area contributed by atoms with Crippen LogP contribution < -0.4 is 10.2 Å². The van der Waals surface area contributed by atoms with Crippen molar-refractivity contribution in [1.29, 1.82) is 0 Å². The molecule has 0 saturated carbocycles. The van der Waals surface area contributed by atoms with Crippen LogP contribution in [0.3, 0.4) is 0 Å². The van der Waals surface area contributed by atoms with E-state index in [2.05, 4.69) is 10.3 Å². The normalized spacial score (nSPS) is 10.7. The number of aryl methyl sites for hydroxylation is 1. The monoisotopic (exact) mass is 453 g/mol. The Labute approximate surface area is 188 Å². The van der Waals surface area contributed by atoms with Crippen LogP contribution in [0.2, 0.25) is 0 Å². The molecule has 2 amide bonds. The molecule has 0 aliphatic rings. The maximum atomic E-state index is 14.1. The van der Waals surface area contributed by atoms with Gasteiger partial charge in [-0.1, -0.05) is 29.8 Å². The molecule has 0 aliphatic carbocycles. The van der Waals surface area contributed by atoms with Crippen molar-refractivity contribution in [1.82, 2.24) is 4.98 Å². The summed E-state index contributed by atoms with van der Waals surface area (Å²) >= 11 is 1.12. The van der Waals surface area contributed by atoms with Crippen molar-refractivity contribution in [3.05, 3.63) is 77.1 Å². The van der Waals surface area contributed by atoms with Crippen LogP contribution in [0.5, 0.6) is 0 Å². The number of anilines is 3. The minimum atomic E-state index is -0.726. The molecule has 7 nitrogen and oxygen atoms in total. The van der Waals surface area contributed by atoms with Crippen LogP contribution in [0.25, 0.3) is 6.08 Å². The number of benzene rings is 2. The largest absolute Gasteiger partial charge is 0.452 e. The third kappa shape index (κ3) is 6.08. The summed E-state index contributed by atoms with van der Waals surface area (Å²) in [5, 5.41) is 4.49. The van der Waals surface area contributed by atoms with E-state index >= 15 is 0 Å². The van der Waals surface area contributed by atoms with E-state index in [4.69, 9.17) is 4.74 Å². The molecule has 9 heteroatoms. The Bertz CT molecular complexity index is 1160. The number of aromatic nitrogens is 1. The summed E-state index contributed by atoms with van der Waals surface area (Å²) in [6, 6.07) is 13.1. The van der Waals surface area contributed by atoms with Crippen molar-refractivity contribution in [2.45, 2.75) is 13.8 Å². The standard InChI is InChI=1S/C23H20FN3O4S/c1-15-7-9-17(10-8-15)25-21(29)13-31-22(30)12-11-18-14-32-23(26-18)27(16(2)28)20-6-4-3-5-19(20)24/h3-12,14H,13H2,1-2H3,(H,25,29)/b12-11+. The molecule has 0 fully saturated rings. The summed E-state index contributed by atoms with van der Waals surface area (Å²) in [5.74, 6) is -2.15. The van der Waals surface area contributed by atoms with Gasteiger partial charge in [-0.15, -0.1) is 11.3 Å². The Morgan fingerprint density at radius 2 is 1.88 bits per heavy atom. The van der Waals surface area contributed by atoms with Gasteiger partial charge in [0, 0.05) is 24.1 Å². The second-order valence-corrected chi connectivity index (χ2v) is 7.55. The van der Waals surface area contributed by atoms with Crippen LogP contribution in [0.1, 0.15) is 18.2 Å². The first kappa shape index (κ1) is 22.8. The smallest absolute Gasteiger partial charge is 0.331 e. The molecule has 1 N–H and O–H groups in total. The van der Waals surface area contributed by atoms with Crippen LogP contribution in [-0.2, 0) is 19.1 Å². The summed E-state index contributed by atoms with van der Waals surface area (Å²) in [5.41, 5.74) is 2.13. The van der Waals surface area contributed by atoms with Gasteiger partial charge in [-0.3, -0.25) is 14.5 Å². The second-order valence-electron chi connectivity index (χ2n) is 6.72. The maximum absolute atomic E-state index is 14.1. The number of ether oxygens (including phenoxy) is 1. The number of halogens is 1. The van der Waals surface area contributed by atoms with Gasteiger partial charge in [-0.2, -0.15) is 0 Å². The molecule has 1 heterocycles. The van der Waals surface area contributed by atoms with Crippen LogP contribution in [-0.4, -0.2) is 29.4 Å². The molecule has 164 valence electrons. The number of nitrogens with zero attached hydrogens (tertiary/aromatic N) is 2. The zero-order chi connectivity index (χ0) is 23.1. The highest BCUT2D eigenvalue weighted by Crippen LogP contribution is 2.30. The fraction of sp³-hybridized carbons (Fsp3) is 0.130. The average molecular weight is 453 g/mol. The molecule has 32 heavy (non-hydrogen) atoms. The summed E-state index contributed by atoms with van der Waals surface area (Å²) in [4.78, 5) is 41.3. The lowest BCUT2D eigenvalue weighted by Gasteiger charge is -2.18. The number of para-hydroxylation sites is 1. The van der Waals surface area contributed by atoms with E-state index in [9.17, 15) is 18.8 Å². The molecule has 2 aromatic carbocycles. The zero-order valence-corrected chi connectivity index (χ0v) is 18.2. The highest BCUT2D eigenvalue weighted by molar-refractivity contribution is 7.14. The van der Waals surface area contributed by atoms with E-state index in [-0.39, 0.29) is 10.8 Å². The van der Waals surface area contributed by atoms with Crippen molar-refractivity contribution < 1.29 is 23.5 Å². The first-order valence-corrected chi connectivity index (χ1v) is 10.4. The lowest BCUT2D eigenvalue weighted by Crippen LogP contribution is -2.23. The van der Waals surface area contributed by atoms with Gasteiger partial charge in [0.25, 0.3) is 5.91 Å². The quantitative estimate of drug-likeness (QED) is 0.421. The minimum Gasteiger partial charge on any atom is -0.452 e. The van der Waals surface area contributed by atoms with Gasteiger partial charge in [0.1, 0.15) is 5.82 Å². The van der Waals surface area contributed by atoms with Gasteiger partial charge in [0.2, 0.25) is 5.91 Å². The molecule has 0 atom stereocenters. The van der Waals surface area contributed by atoms with E-state index in [1.54, 1.807) is 23.6 Å². The predicted octanol–water partition coefficient (Wildman–Crippen LogP) is 4.47. The highest BCUT2D eigenvalue weighted by atomic mass is 32.1. The van der Waals surface area contributed by atoms with Gasteiger partial charge in [0.05, 0.1) is 11.4 Å². The molecule has 0 saturated heterocycles. The van der Waals surface area contributed by atoms with E-state index in [0.29, 0.717) is 11.4 Å². The summed E-state index contributed by atoms with van der Waals surface area (Å²) in [6.45, 7) is 2.80. The average Bonchev–Trinajstić information content (AvgIpc) is 3.22. The summed E-state index contributed by atoms with van der Waals surface area (Å²) < 4.78 is 19.0. The third-order valence-corrected chi connectivity index (χ3v) is 5.02. The SMILES string of the molecule is CC(=O)N(c1nc(/C=C/C(=O)OCC(=O)Nc2ccc(C)cc2)cs1)c1ccccc1F. The number of rotatable bonds is 7. The molecule has 1 aromatic heterocycles. The lowest BCUT2D eigenvalue weighted by molar-refractivity contribution is -0.142. The van der Waals surface area contributed by atoms with Gasteiger partial charge >= 0.3 is 5.97 Å². The molecule has 3 aromatic rings. The molecular formula is C23H20FN3O4S. The Balaban J connectivity index is 1.58. The van der Waals surface area contributed by atoms with Gasteiger partial charge < -0.3 is 10.1 Å². The van der Waals surface area contributed by atoms with Crippen LogP contribution in [0, 0.1) is 12.7 Å². The minimum absolute atomic E-state index is 0.0869. The van der Waals surface area contributed by atoms with E-state index in [0.717, 1.165) is 27.9 Å². The number of esters is 1. The molecule has 0 aliphatic heterocycles. The first-order valence-electron chi connectivity index (χ1n) is 9.55. The van der Waals surface area contributed by atoms with Crippen LogP contribution in [0.15, 0.2) is 60.0 Å².